The van der Waals surface area contributed by atoms with Crippen molar-refractivity contribution in [2.24, 2.45) is 0 Å². The number of pyridine rings is 1. The smallest absolute Gasteiger partial charge is 0.263 e. The number of rotatable bonds is 6. The third kappa shape index (κ3) is 4.34. The number of hydrogen-bond donors (Lipinski definition) is 2. The fourth-order valence-electron chi connectivity index (χ4n) is 2.27. The van der Waals surface area contributed by atoms with Crippen LogP contribution in [0.2, 0.25) is 0 Å². The quantitative estimate of drug-likeness (QED) is 0.695. The van der Waals surface area contributed by atoms with Gasteiger partial charge in [0.2, 0.25) is 5.91 Å². The van der Waals surface area contributed by atoms with Gasteiger partial charge in [0.05, 0.1) is 5.69 Å². The molecule has 0 radical (unpaired) electrons. The minimum absolute atomic E-state index is 0.157. The monoisotopic (exact) mass is 370 g/mol. The summed E-state index contributed by atoms with van der Waals surface area (Å²) in [5, 5.41) is 6.08. The Bertz CT molecular complexity index is 918. The molecule has 0 atom stereocenters. The van der Waals surface area contributed by atoms with Gasteiger partial charge >= 0.3 is 0 Å². The second-order valence-corrected chi connectivity index (χ2v) is 6.61. The van der Waals surface area contributed by atoms with Gasteiger partial charge in [0.25, 0.3) is 5.91 Å². The van der Waals surface area contributed by atoms with Crippen molar-refractivity contribution in [3.63, 3.8) is 0 Å². The molecule has 0 spiro atoms. The first kappa shape index (κ1) is 17.8. The van der Waals surface area contributed by atoms with Crippen LogP contribution >= 0.6 is 11.3 Å². The number of aromatic nitrogens is 2. The molecule has 0 aliphatic carbocycles. The molecule has 2 amide bonds. The Hall–Kier alpha value is -3.00. The van der Waals surface area contributed by atoms with Crippen LogP contribution in [0.4, 0.5) is 5.82 Å². The van der Waals surface area contributed by atoms with E-state index in [2.05, 4.69) is 20.6 Å². The van der Waals surface area contributed by atoms with E-state index in [1.54, 1.807) is 31.3 Å². The van der Waals surface area contributed by atoms with E-state index >= 15 is 0 Å². The molecule has 0 aliphatic rings. The maximum Gasteiger partial charge on any atom is 0.263 e. The Kier molecular flexibility index (Phi) is 5.43. The number of carbonyl (C=O) groups excluding carboxylic acids is 2. The largest absolute Gasteiger partial charge is 0.459 e. The Morgan fingerprint density at radius 3 is 2.73 bits per heavy atom. The zero-order valence-electron chi connectivity index (χ0n) is 14.4. The van der Waals surface area contributed by atoms with Crippen molar-refractivity contribution < 1.29 is 14.0 Å². The SMILES string of the molecule is Cc1ccc(-c2nc(C)c(C(=O)NCCC(=O)Nc3ccccn3)s2)o1. The lowest BCUT2D eigenvalue weighted by Crippen LogP contribution is -2.27. The molecule has 26 heavy (non-hydrogen) atoms. The van der Waals surface area contributed by atoms with Crippen molar-refractivity contribution in [1.82, 2.24) is 15.3 Å². The van der Waals surface area contributed by atoms with E-state index in [0.717, 1.165) is 5.76 Å². The molecule has 3 rings (SSSR count). The third-order valence-corrected chi connectivity index (χ3v) is 4.69. The number of nitrogens with one attached hydrogen (secondary N) is 2. The average molecular weight is 370 g/mol. The molecule has 0 fully saturated rings. The van der Waals surface area contributed by atoms with Gasteiger partial charge < -0.3 is 15.1 Å². The van der Waals surface area contributed by atoms with E-state index in [4.69, 9.17) is 4.42 Å². The number of aryl methyl sites for hydroxylation is 2. The highest BCUT2D eigenvalue weighted by Gasteiger charge is 2.17. The summed E-state index contributed by atoms with van der Waals surface area (Å²) in [6.45, 7) is 3.86. The molecule has 0 aromatic carbocycles. The molecule has 0 saturated carbocycles. The number of thiazole rings is 1. The van der Waals surface area contributed by atoms with Crippen molar-refractivity contribution >= 4 is 29.0 Å². The Morgan fingerprint density at radius 2 is 2.04 bits per heavy atom. The van der Waals surface area contributed by atoms with Gasteiger partial charge in [0.1, 0.15) is 16.5 Å². The molecule has 3 aromatic rings. The summed E-state index contributed by atoms with van der Waals surface area (Å²) in [7, 11) is 0. The molecular formula is C18H18N4O3S. The summed E-state index contributed by atoms with van der Waals surface area (Å²) in [5.41, 5.74) is 0.634. The number of furan rings is 1. The molecule has 2 N–H and O–H groups in total. The van der Waals surface area contributed by atoms with Crippen LogP contribution in [0.15, 0.2) is 40.9 Å². The highest BCUT2D eigenvalue weighted by molar-refractivity contribution is 7.17. The van der Waals surface area contributed by atoms with Gasteiger partial charge in [-0.2, -0.15) is 0 Å². The van der Waals surface area contributed by atoms with E-state index < -0.39 is 0 Å². The van der Waals surface area contributed by atoms with Gasteiger partial charge in [0.15, 0.2) is 10.8 Å². The summed E-state index contributed by atoms with van der Waals surface area (Å²) in [6, 6.07) is 8.94. The number of amides is 2. The first-order chi connectivity index (χ1) is 12.5. The van der Waals surface area contributed by atoms with E-state index in [9.17, 15) is 9.59 Å². The lowest BCUT2D eigenvalue weighted by Gasteiger charge is -2.05. The minimum atomic E-state index is -0.250. The molecule has 3 heterocycles. The van der Waals surface area contributed by atoms with Crippen LogP contribution in [0.1, 0.15) is 27.5 Å². The standard InChI is InChI=1S/C18H18N4O3S/c1-11-6-7-13(25-11)18-21-12(2)16(26-18)17(24)20-10-8-15(23)22-14-5-3-4-9-19-14/h3-7,9H,8,10H2,1-2H3,(H,20,24)(H,19,22,23). The van der Waals surface area contributed by atoms with Crippen LogP contribution in [0, 0.1) is 13.8 Å². The van der Waals surface area contributed by atoms with Gasteiger partial charge in [0, 0.05) is 19.2 Å². The van der Waals surface area contributed by atoms with Crippen molar-refractivity contribution in [3.05, 3.63) is 52.9 Å². The maximum atomic E-state index is 12.3. The second kappa shape index (κ2) is 7.92. The van der Waals surface area contributed by atoms with Crippen LogP contribution in [0.25, 0.3) is 10.8 Å². The zero-order chi connectivity index (χ0) is 18.5. The normalized spacial score (nSPS) is 10.5. The van der Waals surface area contributed by atoms with Crippen LogP contribution in [-0.2, 0) is 4.79 Å². The summed E-state index contributed by atoms with van der Waals surface area (Å²) in [4.78, 5) is 33.1. The van der Waals surface area contributed by atoms with E-state index in [1.165, 1.54) is 11.3 Å². The molecule has 7 nitrogen and oxygen atoms in total. The highest BCUT2D eigenvalue weighted by Crippen LogP contribution is 2.29. The predicted octanol–water partition coefficient (Wildman–Crippen LogP) is 3.17. The molecule has 0 unspecified atom stereocenters. The van der Waals surface area contributed by atoms with E-state index in [1.807, 2.05) is 19.1 Å². The maximum absolute atomic E-state index is 12.3. The van der Waals surface area contributed by atoms with Gasteiger partial charge in [-0.3, -0.25) is 9.59 Å². The minimum Gasteiger partial charge on any atom is -0.459 e. The second-order valence-electron chi connectivity index (χ2n) is 5.61. The molecule has 0 aliphatic heterocycles. The Labute approximate surface area is 154 Å². The van der Waals surface area contributed by atoms with Crippen molar-refractivity contribution in [2.75, 3.05) is 11.9 Å². The van der Waals surface area contributed by atoms with Crippen LogP contribution in [-0.4, -0.2) is 28.3 Å². The third-order valence-electron chi connectivity index (χ3n) is 3.52. The van der Waals surface area contributed by atoms with E-state index in [0.29, 0.717) is 27.2 Å². The topological polar surface area (TPSA) is 97.1 Å². The molecule has 8 heteroatoms. The first-order valence-electron chi connectivity index (χ1n) is 8.06. The van der Waals surface area contributed by atoms with Crippen LogP contribution < -0.4 is 10.6 Å². The summed E-state index contributed by atoms with van der Waals surface area (Å²) in [6.07, 6.45) is 1.76. The zero-order valence-corrected chi connectivity index (χ0v) is 15.2. The van der Waals surface area contributed by atoms with Gasteiger partial charge in [-0.05, 0) is 38.1 Å². The molecule has 0 saturated heterocycles. The number of nitrogens with zero attached hydrogens (tertiary/aromatic N) is 2. The van der Waals surface area contributed by atoms with Crippen molar-refractivity contribution in [3.8, 4) is 10.8 Å². The van der Waals surface area contributed by atoms with E-state index in [-0.39, 0.29) is 24.8 Å². The van der Waals surface area contributed by atoms with Gasteiger partial charge in [-0.25, -0.2) is 9.97 Å². The number of anilines is 1. The molecule has 3 aromatic heterocycles. The molecule has 0 bridgehead atoms. The van der Waals surface area contributed by atoms with Crippen molar-refractivity contribution in [2.45, 2.75) is 20.3 Å². The number of carbonyl (C=O) groups is 2. The fourth-order valence-corrected chi connectivity index (χ4v) is 3.22. The van der Waals surface area contributed by atoms with Gasteiger partial charge in [-0.1, -0.05) is 6.07 Å². The fraction of sp³-hybridized carbons (Fsp3) is 0.222. The lowest BCUT2D eigenvalue weighted by atomic mass is 10.3. The Balaban J connectivity index is 1.54. The molecular weight excluding hydrogens is 352 g/mol. The first-order valence-corrected chi connectivity index (χ1v) is 8.88. The lowest BCUT2D eigenvalue weighted by molar-refractivity contribution is -0.116. The van der Waals surface area contributed by atoms with Crippen molar-refractivity contribution in [1.29, 1.82) is 0 Å². The average Bonchev–Trinajstić information content (AvgIpc) is 3.21. The predicted molar refractivity (Wildman–Crippen MR) is 99.1 cm³/mol. The summed E-state index contributed by atoms with van der Waals surface area (Å²) < 4.78 is 5.54. The summed E-state index contributed by atoms with van der Waals surface area (Å²) >= 11 is 1.27. The summed E-state index contributed by atoms with van der Waals surface area (Å²) in [5.74, 6) is 1.46. The van der Waals surface area contributed by atoms with Crippen LogP contribution in [0.3, 0.4) is 0 Å². The highest BCUT2D eigenvalue weighted by atomic mass is 32.1. The molecule has 134 valence electrons. The van der Waals surface area contributed by atoms with Gasteiger partial charge in [-0.15, -0.1) is 11.3 Å². The van der Waals surface area contributed by atoms with Crippen LogP contribution in [0.5, 0.6) is 0 Å². The number of hydrogen-bond acceptors (Lipinski definition) is 6. The Morgan fingerprint density at radius 1 is 1.19 bits per heavy atom.